The fourth-order valence-electron chi connectivity index (χ4n) is 2.49. The van der Waals surface area contributed by atoms with Crippen LogP contribution in [0.3, 0.4) is 0 Å². The molecule has 2 aromatic rings. The lowest BCUT2D eigenvalue weighted by molar-refractivity contribution is -0.139. The molecule has 9 nitrogen and oxygen atoms in total. The van der Waals surface area contributed by atoms with Gasteiger partial charge < -0.3 is 20.1 Å². The summed E-state index contributed by atoms with van der Waals surface area (Å²) in [6.07, 6.45) is 2.07. The molecule has 176 valence electrons. The van der Waals surface area contributed by atoms with E-state index in [9.17, 15) is 14.4 Å². The normalized spacial score (nSPS) is 11.5. The van der Waals surface area contributed by atoms with E-state index in [0.717, 1.165) is 0 Å². The lowest BCUT2D eigenvalue weighted by Crippen LogP contribution is -2.41. The number of benzene rings is 2. The molecule has 0 radical (unpaired) electrons. The van der Waals surface area contributed by atoms with Gasteiger partial charge in [0.1, 0.15) is 0 Å². The smallest absolute Gasteiger partial charge is 0.329 e. The van der Waals surface area contributed by atoms with Crippen LogP contribution in [0.25, 0.3) is 0 Å². The van der Waals surface area contributed by atoms with Crippen molar-refractivity contribution in [1.82, 2.24) is 10.7 Å². The number of nitrogens with one attached hydrogen (secondary N) is 3. The van der Waals surface area contributed by atoms with Gasteiger partial charge >= 0.3 is 11.8 Å². The van der Waals surface area contributed by atoms with Gasteiger partial charge in [0.25, 0.3) is 5.91 Å². The van der Waals surface area contributed by atoms with Gasteiger partial charge in [0.05, 0.1) is 23.5 Å². The number of para-hydroxylation sites is 1. The molecule has 0 fully saturated rings. The van der Waals surface area contributed by atoms with Gasteiger partial charge in [-0.2, -0.15) is 5.10 Å². The van der Waals surface area contributed by atoms with Crippen molar-refractivity contribution < 1.29 is 23.9 Å². The Bertz CT molecular complexity index is 1010. The van der Waals surface area contributed by atoms with Crippen LogP contribution in [-0.2, 0) is 14.4 Å². The molecule has 0 aliphatic carbocycles. The molecule has 0 aliphatic rings. The second-order valence-corrected chi connectivity index (χ2v) is 7.34. The number of ether oxygens (including phenoxy) is 2. The van der Waals surface area contributed by atoms with E-state index in [-0.39, 0.29) is 18.6 Å². The van der Waals surface area contributed by atoms with E-state index >= 15 is 0 Å². The van der Waals surface area contributed by atoms with Crippen molar-refractivity contribution >= 4 is 41.2 Å². The Morgan fingerprint density at radius 2 is 1.82 bits per heavy atom. The van der Waals surface area contributed by atoms with E-state index in [1.165, 1.54) is 6.21 Å². The van der Waals surface area contributed by atoms with Gasteiger partial charge in [-0.05, 0) is 56.2 Å². The van der Waals surface area contributed by atoms with Crippen molar-refractivity contribution in [3.8, 4) is 11.5 Å². The number of nitrogens with zero attached hydrogens (tertiary/aromatic N) is 1. The van der Waals surface area contributed by atoms with Crippen LogP contribution >= 0.6 is 11.6 Å². The molecule has 0 heterocycles. The van der Waals surface area contributed by atoms with Crippen molar-refractivity contribution in [2.75, 3.05) is 18.5 Å². The number of hydrazone groups is 1. The number of rotatable bonds is 10. The van der Waals surface area contributed by atoms with E-state index in [1.54, 1.807) is 49.4 Å². The first-order valence-corrected chi connectivity index (χ1v) is 10.8. The molecule has 1 atom stereocenters. The second kappa shape index (κ2) is 13.1. The highest BCUT2D eigenvalue weighted by Crippen LogP contribution is 2.28. The van der Waals surface area contributed by atoms with Crippen molar-refractivity contribution in [3.63, 3.8) is 0 Å². The summed E-state index contributed by atoms with van der Waals surface area (Å²) in [5.74, 6) is -1.24. The maximum atomic E-state index is 12.2. The second-order valence-electron chi connectivity index (χ2n) is 6.94. The molecule has 0 spiro atoms. The maximum absolute atomic E-state index is 12.2. The number of hydrogen-bond donors (Lipinski definition) is 3. The first-order chi connectivity index (χ1) is 15.8. The summed E-state index contributed by atoms with van der Waals surface area (Å²) in [5.41, 5.74) is 3.26. The Morgan fingerprint density at radius 1 is 1.06 bits per heavy atom. The Hall–Kier alpha value is -3.59. The van der Waals surface area contributed by atoms with E-state index in [2.05, 4.69) is 21.2 Å². The third-order valence-electron chi connectivity index (χ3n) is 4.35. The summed E-state index contributed by atoms with van der Waals surface area (Å²) in [6, 6.07) is 11.7. The standard InChI is InChI=1S/C23H27ClN4O5/c1-4-15(3)26-22(30)23(31)28-25-13-16-10-11-19(20(12-16)32-5-2)33-14-21(29)27-18-9-7-6-8-17(18)24/h6-13,15H,4-5,14H2,1-3H3,(H,26,30)(H,27,29)(H,28,31)/b25-13-/t15-/m1/s1. The molecule has 0 aromatic heterocycles. The van der Waals surface area contributed by atoms with E-state index in [0.29, 0.717) is 40.8 Å². The Balaban J connectivity index is 1.96. The van der Waals surface area contributed by atoms with Crippen molar-refractivity contribution in [1.29, 1.82) is 0 Å². The third-order valence-corrected chi connectivity index (χ3v) is 4.68. The average Bonchev–Trinajstić information content (AvgIpc) is 2.80. The molecular formula is C23H27ClN4O5. The van der Waals surface area contributed by atoms with Crippen molar-refractivity contribution in [3.05, 3.63) is 53.1 Å². The highest BCUT2D eigenvalue weighted by atomic mass is 35.5. The zero-order valence-corrected chi connectivity index (χ0v) is 19.4. The van der Waals surface area contributed by atoms with Crippen LogP contribution in [0.2, 0.25) is 5.02 Å². The maximum Gasteiger partial charge on any atom is 0.329 e. The van der Waals surface area contributed by atoms with Crippen LogP contribution in [0.5, 0.6) is 11.5 Å². The minimum Gasteiger partial charge on any atom is -0.490 e. The summed E-state index contributed by atoms with van der Waals surface area (Å²) in [7, 11) is 0. The number of hydrogen-bond acceptors (Lipinski definition) is 6. The van der Waals surface area contributed by atoms with Crippen LogP contribution in [-0.4, -0.2) is 43.2 Å². The quantitative estimate of drug-likeness (QED) is 0.278. The molecule has 0 aliphatic heterocycles. The Kier molecular flexibility index (Phi) is 10.2. The molecule has 2 rings (SSSR count). The van der Waals surface area contributed by atoms with E-state index < -0.39 is 11.8 Å². The molecule has 3 N–H and O–H groups in total. The average molecular weight is 475 g/mol. The minimum atomic E-state index is -0.860. The first kappa shape index (κ1) is 25.7. The van der Waals surface area contributed by atoms with Crippen LogP contribution in [0, 0.1) is 0 Å². The summed E-state index contributed by atoms with van der Waals surface area (Å²) in [4.78, 5) is 35.7. The molecule has 0 unspecified atom stereocenters. The number of carbonyl (C=O) groups excluding carboxylic acids is 3. The van der Waals surface area contributed by atoms with Crippen LogP contribution < -0.4 is 25.5 Å². The number of amides is 3. The van der Waals surface area contributed by atoms with Gasteiger partial charge in [0.2, 0.25) is 0 Å². The lowest BCUT2D eigenvalue weighted by Gasteiger charge is -2.13. The van der Waals surface area contributed by atoms with Gasteiger partial charge in [-0.25, -0.2) is 5.43 Å². The zero-order valence-electron chi connectivity index (χ0n) is 18.7. The number of carbonyl (C=O) groups is 3. The molecule has 2 aromatic carbocycles. The number of halogens is 1. The van der Waals surface area contributed by atoms with Gasteiger partial charge in [0, 0.05) is 6.04 Å². The van der Waals surface area contributed by atoms with Crippen molar-refractivity contribution in [2.24, 2.45) is 5.10 Å². The molecular weight excluding hydrogens is 448 g/mol. The Labute approximate surface area is 197 Å². The third kappa shape index (κ3) is 8.46. The van der Waals surface area contributed by atoms with Gasteiger partial charge in [-0.15, -0.1) is 0 Å². The number of anilines is 1. The van der Waals surface area contributed by atoms with Crippen LogP contribution in [0.4, 0.5) is 5.69 Å². The fourth-order valence-corrected chi connectivity index (χ4v) is 2.68. The topological polar surface area (TPSA) is 118 Å². The monoisotopic (exact) mass is 474 g/mol. The zero-order chi connectivity index (χ0) is 24.2. The first-order valence-electron chi connectivity index (χ1n) is 10.4. The SMILES string of the molecule is CCOc1cc(/C=N\NC(=O)C(=O)N[C@H](C)CC)ccc1OCC(=O)Nc1ccccc1Cl. The highest BCUT2D eigenvalue weighted by Gasteiger charge is 2.14. The summed E-state index contributed by atoms with van der Waals surface area (Å²) >= 11 is 6.04. The fraction of sp³-hybridized carbons (Fsp3) is 0.304. The van der Waals surface area contributed by atoms with Crippen LogP contribution in [0.15, 0.2) is 47.6 Å². The van der Waals surface area contributed by atoms with Crippen molar-refractivity contribution in [2.45, 2.75) is 33.2 Å². The largest absolute Gasteiger partial charge is 0.490 e. The Morgan fingerprint density at radius 3 is 2.52 bits per heavy atom. The van der Waals surface area contributed by atoms with Gasteiger partial charge in [-0.1, -0.05) is 30.7 Å². The predicted molar refractivity (Wildman–Crippen MR) is 127 cm³/mol. The lowest BCUT2D eigenvalue weighted by atomic mass is 10.2. The molecule has 3 amide bonds. The van der Waals surface area contributed by atoms with E-state index in [4.69, 9.17) is 21.1 Å². The predicted octanol–water partition coefficient (Wildman–Crippen LogP) is 3.12. The summed E-state index contributed by atoms with van der Waals surface area (Å²) < 4.78 is 11.2. The molecule has 0 saturated heterocycles. The summed E-state index contributed by atoms with van der Waals surface area (Å²) in [5, 5.41) is 9.45. The molecule has 33 heavy (non-hydrogen) atoms. The van der Waals surface area contributed by atoms with Crippen LogP contribution in [0.1, 0.15) is 32.8 Å². The molecule has 10 heteroatoms. The minimum absolute atomic E-state index is 0.111. The highest BCUT2D eigenvalue weighted by molar-refractivity contribution is 6.35. The molecule has 0 bridgehead atoms. The molecule has 0 saturated carbocycles. The van der Waals surface area contributed by atoms with E-state index in [1.807, 2.05) is 13.8 Å². The van der Waals surface area contributed by atoms with Gasteiger partial charge in [0.15, 0.2) is 18.1 Å². The summed E-state index contributed by atoms with van der Waals surface area (Å²) in [6.45, 7) is 5.63. The van der Waals surface area contributed by atoms with Gasteiger partial charge in [-0.3, -0.25) is 14.4 Å².